The molecule has 1 amide bonds. The summed E-state index contributed by atoms with van der Waals surface area (Å²) in [6.45, 7) is 0.456. The minimum Gasteiger partial charge on any atom is -0.381 e. The summed E-state index contributed by atoms with van der Waals surface area (Å²) in [6.07, 6.45) is 0. The van der Waals surface area contributed by atoms with E-state index in [1.54, 1.807) is 12.1 Å². The standard InChI is InChI=1S/C15H14FN3O/c16-10-5-1-2-6-11(10)19-15(20)14-9-17-12-7-3-4-8-13(12)18-14/h1-8,14,17-18H,9H2,(H,19,20). The third-order valence-corrected chi connectivity index (χ3v) is 3.20. The first kappa shape index (κ1) is 12.5. The van der Waals surface area contributed by atoms with Crippen LogP contribution in [0.4, 0.5) is 21.5 Å². The minimum atomic E-state index is -0.440. The van der Waals surface area contributed by atoms with Crippen molar-refractivity contribution in [1.29, 1.82) is 0 Å². The Bertz CT molecular complexity index is 645. The fourth-order valence-corrected chi connectivity index (χ4v) is 2.15. The van der Waals surface area contributed by atoms with Crippen molar-refractivity contribution in [1.82, 2.24) is 0 Å². The van der Waals surface area contributed by atoms with Gasteiger partial charge >= 0.3 is 0 Å². The van der Waals surface area contributed by atoms with Crippen LogP contribution < -0.4 is 16.0 Å². The molecule has 0 bridgehead atoms. The third-order valence-electron chi connectivity index (χ3n) is 3.20. The number of anilines is 3. The Morgan fingerprint density at radius 3 is 2.60 bits per heavy atom. The highest BCUT2D eigenvalue weighted by Crippen LogP contribution is 2.25. The van der Waals surface area contributed by atoms with Crippen LogP contribution in [0.2, 0.25) is 0 Å². The molecule has 0 fully saturated rings. The van der Waals surface area contributed by atoms with Gasteiger partial charge < -0.3 is 16.0 Å². The molecule has 1 aliphatic heterocycles. The Morgan fingerprint density at radius 2 is 1.80 bits per heavy atom. The fourth-order valence-electron chi connectivity index (χ4n) is 2.15. The van der Waals surface area contributed by atoms with E-state index in [1.165, 1.54) is 12.1 Å². The molecule has 0 saturated heterocycles. The van der Waals surface area contributed by atoms with Crippen molar-refractivity contribution in [2.24, 2.45) is 0 Å². The van der Waals surface area contributed by atoms with Crippen molar-refractivity contribution in [2.45, 2.75) is 6.04 Å². The van der Waals surface area contributed by atoms with Gasteiger partial charge in [0.1, 0.15) is 11.9 Å². The zero-order valence-corrected chi connectivity index (χ0v) is 10.7. The molecular weight excluding hydrogens is 257 g/mol. The number of halogens is 1. The molecule has 1 unspecified atom stereocenters. The lowest BCUT2D eigenvalue weighted by atomic mass is 10.1. The predicted molar refractivity (Wildman–Crippen MR) is 77.4 cm³/mol. The summed E-state index contributed by atoms with van der Waals surface area (Å²) < 4.78 is 13.5. The second-order valence-corrected chi connectivity index (χ2v) is 4.59. The van der Waals surface area contributed by atoms with Gasteiger partial charge in [0.15, 0.2) is 0 Å². The molecule has 5 heteroatoms. The predicted octanol–water partition coefficient (Wildman–Crippen LogP) is 2.67. The molecule has 102 valence electrons. The Morgan fingerprint density at radius 1 is 1.10 bits per heavy atom. The molecule has 1 aliphatic rings. The van der Waals surface area contributed by atoms with Crippen LogP contribution in [-0.2, 0) is 4.79 Å². The zero-order chi connectivity index (χ0) is 13.9. The zero-order valence-electron chi connectivity index (χ0n) is 10.7. The van der Waals surface area contributed by atoms with E-state index in [4.69, 9.17) is 0 Å². The minimum absolute atomic E-state index is 0.193. The van der Waals surface area contributed by atoms with E-state index >= 15 is 0 Å². The van der Waals surface area contributed by atoms with Gasteiger partial charge in [0.2, 0.25) is 5.91 Å². The Hall–Kier alpha value is -2.56. The number of rotatable bonds is 2. The van der Waals surface area contributed by atoms with E-state index in [0.29, 0.717) is 6.54 Å². The average molecular weight is 271 g/mol. The quantitative estimate of drug-likeness (QED) is 0.787. The first-order chi connectivity index (χ1) is 9.74. The van der Waals surface area contributed by atoms with Crippen molar-refractivity contribution in [3.63, 3.8) is 0 Å². The Kier molecular flexibility index (Phi) is 3.25. The molecule has 2 aromatic carbocycles. The number of hydrogen-bond acceptors (Lipinski definition) is 3. The van der Waals surface area contributed by atoms with Crippen molar-refractivity contribution in [3.05, 3.63) is 54.3 Å². The number of carbonyl (C=O) groups is 1. The molecule has 0 aromatic heterocycles. The molecule has 4 nitrogen and oxygen atoms in total. The number of fused-ring (bicyclic) bond motifs is 1. The number of carbonyl (C=O) groups excluding carboxylic acids is 1. The second kappa shape index (κ2) is 5.21. The molecule has 3 rings (SSSR count). The largest absolute Gasteiger partial charge is 0.381 e. The van der Waals surface area contributed by atoms with Crippen molar-refractivity contribution < 1.29 is 9.18 Å². The fraction of sp³-hybridized carbons (Fsp3) is 0.133. The molecule has 3 N–H and O–H groups in total. The van der Waals surface area contributed by atoms with Crippen LogP contribution in [0.1, 0.15) is 0 Å². The summed E-state index contributed by atoms with van der Waals surface area (Å²) in [7, 11) is 0. The van der Waals surface area contributed by atoms with E-state index in [-0.39, 0.29) is 11.6 Å². The van der Waals surface area contributed by atoms with Crippen LogP contribution in [0.15, 0.2) is 48.5 Å². The summed E-state index contributed by atoms with van der Waals surface area (Å²) in [5.41, 5.74) is 2.02. The number of para-hydroxylation sites is 3. The number of amides is 1. The summed E-state index contributed by atoms with van der Waals surface area (Å²) >= 11 is 0. The average Bonchev–Trinajstić information content (AvgIpc) is 2.49. The normalized spacial score (nSPS) is 16.6. The van der Waals surface area contributed by atoms with E-state index in [2.05, 4.69) is 16.0 Å². The van der Waals surface area contributed by atoms with Gasteiger partial charge in [-0.2, -0.15) is 0 Å². The molecule has 1 heterocycles. The molecule has 0 spiro atoms. The van der Waals surface area contributed by atoms with Crippen LogP contribution >= 0.6 is 0 Å². The summed E-state index contributed by atoms with van der Waals surface area (Å²) in [6, 6.07) is 13.3. The van der Waals surface area contributed by atoms with Gasteiger partial charge in [0.25, 0.3) is 0 Å². The summed E-state index contributed by atoms with van der Waals surface area (Å²) in [4.78, 5) is 12.1. The van der Waals surface area contributed by atoms with Gasteiger partial charge in [-0.15, -0.1) is 0 Å². The van der Waals surface area contributed by atoms with Crippen LogP contribution in [0, 0.1) is 5.82 Å². The van der Waals surface area contributed by atoms with E-state index in [0.717, 1.165) is 11.4 Å². The highest BCUT2D eigenvalue weighted by atomic mass is 19.1. The van der Waals surface area contributed by atoms with E-state index in [1.807, 2.05) is 24.3 Å². The van der Waals surface area contributed by atoms with Gasteiger partial charge in [0, 0.05) is 6.54 Å². The van der Waals surface area contributed by atoms with Gasteiger partial charge in [0.05, 0.1) is 17.1 Å². The van der Waals surface area contributed by atoms with E-state index < -0.39 is 11.9 Å². The molecule has 0 aliphatic carbocycles. The first-order valence-electron chi connectivity index (χ1n) is 6.39. The van der Waals surface area contributed by atoms with Crippen molar-refractivity contribution in [3.8, 4) is 0 Å². The van der Waals surface area contributed by atoms with Crippen molar-refractivity contribution in [2.75, 3.05) is 22.5 Å². The topological polar surface area (TPSA) is 53.2 Å². The van der Waals surface area contributed by atoms with Crippen LogP contribution in [0.5, 0.6) is 0 Å². The molecule has 0 saturated carbocycles. The summed E-state index contributed by atoms with van der Waals surface area (Å²) in [5.74, 6) is -0.706. The molecule has 20 heavy (non-hydrogen) atoms. The maximum atomic E-state index is 13.5. The van der Waals surface area contributed by atoms with Gasteiger partial charge in [-0.25, -0.2) is 4.39 Å². The monoisotopic (exact) mass is 271 g/mol. The maximum Gasteiger partial charge on any atom is 0.248 e. The van der Waals surface area contributed by atoms with Gasteiger partial charge in [-0.3, -0.25) is 4.79 Å². The maximum absolute atomic E-state index is 13.5. The number of hydrogen-bond donors (Lipinski definition) is 3. The first-order valence-corrected chi connectivity index (χ1v) is 6.39. The third kappa shape index (κ3) is 2.42. The molecule has 1 atom stereocenters. The van der Waals surface area contributed by atoms with Gasteiger partial charge in [-0.1, -0.05) is 24.3 Å². The SMILES string of the molecule is O=C(Nc1ccccc1F)C1CNc2ccccc2N1. The molecule has 2 aromatic rings. The van der Waals surface area contributed by atoms with Crippen LogP contribution in [0.3, 0.4) is 0 Å². The number of benzene rings is 2. The lowest BCUT2D eigenvalue weighted by molar-refractivity contribution is -0.116. The van der Waals surface area contributed by atoms with Crippen LogP contribution in [-0.4, -0.2) is 18.5 Å². The Balaban J connectivity index is 1.72. The van der Waals surface area contributed by atoms with Crippen LogP contribution in [0.25, 0.3) is 0 Å². The van der Waals surface area contributed by atoms with E-state index in [9.17, 15) is 9.18 Å². The number of nitrogens with one attached hydrogen (secondary N) is 3. The molecule has 0 radical (unpaired) electrons. The smallest absolute Gasteiger partial charge is 0.248 e. The van der Waals surface area contributed by atoms with Gasteiger partial charge in [-0.05, 0) is 24.3 Å². The highest BCUT2D eigenvalue weighted by Gasteiger charge is 2.23. The highest BCUT2D eigenvalue weighted by molar-refractivity contribution is 5.98. The second-order valence-electron chi connectivity index (χ2n) is 4.59. The van der Waals surface area contributed by atoms with Crippen molar-refractivity contribution >= 4 is 23.0 Å². The lowest BCUT2D eigenvalue weighted by Gasteiger charge is -2.27. The molecular formula is C15H14FN3O. The lowest BCUT2D eigenvalue weighted by Crippen LogP contribution is -2.42. The Labute approximate surface area is 116 Å². The summed E-state index contributed by atoms with van der Waals surface area (Å²) in [5, 5.41) is 8.91.